The zero-order valence-corrected chi connectivity index (χ0v) is 17.9. The molecule has 1 aromatic carbocycles. The maximum Gasteiger partial charge on any atom is 0.225 e. The number of rotatable bonds is 8. The van der Waals surface area contributed by atoms with Gasteiger partial charge in [0.05, 0.1) is 13.0 Å². The van der Waals surface area contributed by atoms with Crippen LogP contribution in [-0.2, 0) is 9.59 Å². The van der Waals surface area contributed by atoms with Crippen molar-refractivity contribution in [3.05, 3.63) is 30.3 Å². The van der Waals surface area contributed by atoms with Gasteiger partial charge in [-0.1, -0.05) is 18.2 Å². The predicted octanol–water partition coefficient (Wildman–Crippen LogP) is 2.62. The summed E-state index contributed by atoms with van der Waals surface area (Å²) in [6, 6.07) is 9.54. The molecule has 2 saturated heterocycles. The second kappa shape index (κ2) is 12.7. The van der Waals surface area contributed by atoms with E-state index in [0.29, 0.717) is 32.0 Å². The highest BCUT2D eigenvalue weighted by atomic mass is 35.5. The van der Waals surface area contributed by atoms with Crippen LogP contribution in [0.3, 0.4) is 0 Å². The Morgan fingerprint density at radius 1 is 1.14 bits per heavy atom. The summed E-state index contributed by atoms with van der Waals surface area (Å²) in [5.41, 5.74) is 0. The molecular weight excluding hydrogens is 390 g/mol. The molecule has 2 N–H and O–H groups in total. The summed E-state index contributed by atoms with van der Waals surface area (Å²) in [4.78, 5) is 26.6. The zero-order valence-electron chi connectivity index (χ0n) is 17.1. The van der Waals surface area contributed by atoms with E-state index in [1.54, 1.807) is 0 Å². The number of carbonyl (C=O) groups excluding carboxylic acids is 2. The summed E-state index contributed by atoms with van der Waals surface area (Å²) >= 11 is 0. The average molecular weight is 424 g/mol. The molecule has 2 fully saturated rings. The lowest BCUT2D eigenvalue weighted by molar-refractivity contribution is -0.136. The molecule has 0 bridgehead atoms. The van der Waals surface area contributed by atoms with Gasteiger partial charge in [0.1, 0.15) is 5.75 Å². The fraction of sp³-hybridized carbons (Fsp3) is 0.636. The van der Waals surface area contributed by atoms with E-state index >= 15 is 0 Å². The van der Waals surface area contributed by atoms with Gasteiger partial charge in [0.15, 0.2) is 0 Å². The van der Waals surface area contributed by atoms with Crippen molar-refractivity contribution in [1.29, 1.82) is 0 Å². The molecule has 3 rings (SSSR count). The Hall–Kier alpha value is -1.79. The molecular formula is C22H34ClN3O3. The molecule has 6 nitrogen and oxygen atoms in total. The average Bonchev–Trinajstić information content (AvgIpc) is 2.75. The summed E-state index contributed by atoms with van der Waals surface area (Å²) in [7, 11) is 0. The number of likely N-dealkylation sites (tertiary alicyclic amines) is 1. The van der Waals surface area contributed by atoms with Crippen LogP contribution in [0.25, 0.3) is 0 Å². The van der Waals surface area contributed by atoms with Gasteiger partial charge in [0.25, 0.3) is 0 Å². The lowest BCUT2D eigenvalue weighted by atomic mass is 9.94. The van der Waals surface area contributed by atoms with Gasteiger partial charge < -0.3 is 20.3 Å². The molecule has 0 aromatic heterocycles. The van der Waals surface area contributed by atoms with Gasteiger partial charge in [-0.2, -0.15) is 0 Å². The first kappa shape index (κ1) is 23.5. The maximum atomic E-state index is 12.4. The van der Waals surface area contributed by atoms with Crippen molar-refractivity contribution < 1.29 is 14.3 Å². The second-order valence-corrected chi connectivity index (χ2v) is 7.86. The minimum atomic E-state index is 0. The normalized spacial score (nSPS) is 19.9. The molecule has 0 radical (unpaired) electrons. The molecule has 0 saturated carbocycles. The van der Waals surface area contributed by atoms with E-state index in [-0.39, 0.29) is 30.1 Å². The van der Waals surface area contributed by atoms with Gasteiger partial charge >= 0.3 is 0 Å². The number of hydrogen-bond donors (Lipinski definition) is 2. The second-order valence-electron chi connectivity index (χ2n) is 7.86. The molecule has 29 heavy (non-hydrogen) atoms. The van der Waals surface area contributed by atoms with Crippen LogP contribution in [0.4, 0.5) is 0 Å². The van der Waals surface area contributed by atoms with Gasteiger partial charge in [-0.3, -0.25) is 9.59 Å². The minimum absolute atomic E-state index is 0. The summed E-state index contributed by atoms with van der Waals surface area (Å²) in [6.07, 6.45) is 5.43. The van der Waals surface area contributed by atoms with Crippen LogP contribution in [0, 0.1) is 11.8 Å². The molecule has 1 aromatic rings. The van der Waals surface area contributed by atoms with Crippen molar-refractivity contribution in [1.82, 2.24) is 15.5 Å². The maximum absolute atomic E-state index is 12.4. The highest BCUT2D eigenvalue weighted by molar-refractivity contribution is 5.85. The molecule has 1 atom stereocenters. The third-order valence-electron chi connectivity index (χ3n) is 5.80. The standard InChI is InChI=1S/C22H33N3O3.ClH/c26-21(11-16-28-20-6-2-1-3-7-20)25-14-9-19(10-15-25)22(27)24-13-8-18-5-4-12-23-17-18;/h1-3,6-7,18-19,23H,4-5,8-17H2,(H,24,27);1H. The Balaban J connectivity index is 0.00000300. The summed E-state index contributed by atoms with van der Waals surface area (Å²) in [6.45, 7) is 4.67. The van der Waals surface area contributed by atoms with Crippen LogP contribution in [0.2, 0.25) is 0 Å². The number of para-hydroxylation sites is 1. The van der Waals surface area contributed by atoms with Gasteiger partial charge in [-0.05, 0) is 63.2 Å². The monoisotopic (exact) mass is 423 g/mol. The Morgan fingerprint density at radius 2 is 1.90 bits per heavy atom. The number of hydrogen-bond acceptors (Lipinski definition) is 4. The third kappa shape index (κ3) is 7.86. The molecule has 0 spiro atoms. The van der Waals surface area contributed by atoms with Crippen LogP contribution in [0.1, 0.15) is 38.5 Å². The highest BCUT2D eigenvalue weighted by Gasteiger charge is 2.27. The van der Waals surface area contributed by atoms with Crippen molar-refractivity contribution in [3.8, 4) is 5.75 Å². The van der Waals surface area contributed by atoms with Crippen LogP contribution in [0.15, 0.2) is 30.3 Å². The number of ether oxygens (including phenoxy) is 1. The molecule has 2 aliphatic rings. The first-order valence-corrected chi connectivity index (χ1v) is 10.7. The van der Waals surface area contributed by atoms with E-state index in [1.165, 1.54) is 12.8 Å². The number of carbonyl (C=O) groups is 2. The molecule has 2 aliphatic heterocycles. The molecule has 0 aliphatic carbocycles. The van der Waals surface area contributed by atoms with Crippen LogP contribution >= 0.6 is 12.4 Å². The minimum Gasteiger partial charge on any atom is -0.493 e. The third-order valence-corrected chi connectivity index (χ3v) is 5.80. The zero-order chi connectivity index (χ0) is 19.6. The largest absolute Gasteiger partial charge is 0.493 e. The van der Waals surface area contributed by atoms with E-state index in [0.717, 1.165) is 44.6 Å². The number of benzene rings is 1. The summed E-state index contributed by atoms with van der Waals surface area (Å²) in [5, 5.41) is 6.52. The highest BCUT2D eigenvalue weighted by Crippen LogP contribution is 2.19. The quantitative estimate of drug-likeness (QED) is 0.674. The lowest BCUT2D eigenvalue weighted by Crippen LogP contribution is -2.43. The Bertz CT molecular complexity index is 615. The summed E-state index contributed by atoms with van der Waals surface area (Å²) < 4.78 is 5.60. The van der Waals surface area contributed by atoms with Crippen molar-refractivity contribution in [2.24, 2.45) is 11.8 Å². The van der Waals surface area contributed by atoms with Crippen molar-refractivity contribution in [3.63, 3.8) is 0 Å². The smallest absolute Gasteiger partial charge is 0.225 e. The van der Waals surface area contributed by atoms with E-state index in [4.69, 9.17) is 4.74 Å². The SMILES string of the molecule is Cl.O=C(NCCC1CCCNC1)C1CCN(C(=O)CCOc2ccccc2)CC1. The van der Waals surface area contributed by atoms with Crippen LogP contribution in [-0.4, -0.2) is 56.0 Å². The summed E-state index contributed by atoms with van der Waals surface area (Å²) in [5.74, 6) is 1.78. The fourth-order valence-electron chi connectivity index (χ4n) is 4.04. The van der Waals surface area contributed by atoms with Gasteiger partial charge in [0, 0.05) is 25.6 Å². The number of piperidine rings is 2. The van der Waals surface area contributed by atoms with E-state index in [2.05, 4.69) is 10.6 Å². The number of nitrogens with one attached hydrogen (secondary N) is 2. The fourth-order valence-corrected chi connectivity index (χ4v) is 4.04. The van der Waals surface area contributed by atoms with Gasteiger partial charge in [-0.25, -0.2) is 0 Å². The van der Waals surface area contributed by atoms with Gasteiger partial charge in [0.2, 0.25) is 11.8 Å². The van der Waals surface area contributed by atoms with Crippen LogP contribution in [0.5, 0.6) is 5.75 Å². The van der Waals surface area contributed by atoms with Crippen molar-refractivity contribution in [2.45, 2.75) is 38.5 Å². The first-order valence-electron chi connectivity index (χ1n) is 10.7. The molecule has 7 heteroatoms. The first-order chi connectivity index (χ1) is 13.7. The number of nitrogens with zero attached hydrogens (tertiary/aromatic N) is 1. The van der Waals surface area contributed by atoms with Crippen molar-refractivity contribution in [2.75, 3.05) is 39.3 Å². The Kier molecular flexibility index (Phi) is 10.3. The van der Waals surface area contributed by atoms with Gasteiger partial charge in [-0.15, -0.1) is 12.4 Å². The van der Waals surface area contributed by atoms with Crippen LogP contribution < -0.4 is 15.4 Å². The molecule has 1 unspecified atom stereocenters. The molecule has 2 amide bonds. The lowest BCUT2D eigenvalue weighted by Gasteiger charge is -2.31. The molecule has 162 valence electrons. The van der Waals surface area contributed by atoms with Crippen molar-refractivity contribution >= 4 is 24.2 Å². The molecule has 2 heterocycles. The topological polar surface area (TPSA) is 70.7 Å². The number of halogens is 1. The van der Waals surface area contributed by atoms with E-state index < -0.39 is 0 Å². The van der Waals surface area contributed by atoms with E-state index in [1.807, 2.05) is 35.2 Å². The predicted molar refractivity (Wildman–Crippen MR) is 116 cm³/mol. The Labute approximate surface area is 180 Å². The van der Waals surface area contributed by atoms with E-state index in [9.17, 15) is 9.59 Å². The Morgan fingerprint density at radius 3 is 2.59 bits per heavy atom. The number of amides is 2.